The van der Waals surface area contributed by atoms with Crippen molar-refractivity contribution in [2.24, 2.45) is 0 Å². The fourth-order valence-corrected chi connectivity index (χ4v) is 2.71. The molecule has 3 aromatic rings. The summed E-state index contributed by atoms with van der Waals surface area (Å²) in [6.07, 6.45) is 1.74. The van der Waals surface area contributed by atoms with Gasteiger partial charge in [0, 0.05) is 12.7 Å². The predicted molar refractivity (Wildman–Crippen MR) is 95.3 cm³/mol. The highest BCUT2D eigenvalue weighted by molar-refractivity contribution is 6.04. The lowest BCUT2D eigenvalue weighted by Crippen LogP contribution is -2.22. The third-order valence-electron chi connectivity index (χ3n) is 4.08. The lowest BCUT2D eigenvalue weighted by Gasteiger charge is -2.18. The van der Waals surface area contributed by atoms with Gasteiger partial charge in [-0.25, -0.2) is 9.37 Å². The first-order valence-corrected chi connectivity index (χ1v) is 8.24. The molecule has 2 heterocycles. The zero-order valence-electron chi connectivity index (χ0n) is 15.1. The van der Waals surface area contributed by atoms with Crippen molar-refractivity contribution in [3.8, 4) is 0 Å². The van der Waals surface area contributed by atoms with Gasteiger partial charge >= 0.3 is 0 Å². The number of hydrogen-bond acceptors (Lipinski definition) is 3. The first kappa shape index (κ1) is 17.1. The lowest BCUT2D eigenvalue weighted by molar-refractivity contribution is 0.102. The predicted octanol–water partition coefficient (Wildman–Crippen LogP) is 3.71. The SMILES string of the molecule is CCn1c(NC(=O)c2cn(C(C)(C)C)nc2C)nc2ccc(F)cc21. The number of halogens is 1. The van der Waals surface area contributed by atoms with Crippen LogP contribution < -0.4 is 5.32 Å². The van der Waals surface area contributed by atoms with Gasteiger partial charge in [-0.15, -0.1) is 0 Å². The summed E-state index contributed by atoms with van der Waals surface area (Å²) in [6.45, 7) is 10.3. The molecule has 0 aliphatic carbocycles. The molecular weight excluding hydrogens is 321 g/mol. The average molecular weight is 343 g/mol. The lowest BCUT2D eigenvalue weighted by atomic mass is 10.1. The summed E-state index contributed by atoms with van der Waals surface area (Å²) >= 11 is 0. The van der Waals surface area contributed by atoms with E-state index in [0.29, 0.717) is 34.8 Å². The van der Waals surface area contributed by atoms with E-state index >= 15 is 0 Å². The maximum Gasteiger partial charge on any atom is 0.261 e. The summed E-state index contributed by atoms with van der Waals surface area (Å²) in [5.41, 5.74) is 2.23. The molecule has 1 amide bonds. The molecule has 6 nitrogen and oxygen atoms in total. The summed E-state index contributed by atoms with van der Waals surface area (Å²) < 4.78 is 17.1. The molecule has 0 fully saturated rings. The Balaban J connectivity index is 1.96. The van der Waals surface area contributed by atoms with E-state index < -0.39 is 0 Å². The number of anilines is 1. The Hall–Kier alpha value is -2.70. The molecule has 3 rings (SSSR count). The maximum atomic E-state index is 13.5. The number of hydrogen-bond donors (Lipinski definition) is 1. The second kappa shape index (κ2) is 5.98. The maximum absolute atomic E-state index is 13.5. The van der Waals surface area contributed by atoms with Gasteiger partial charge in [0.25, 0.3) is 5.91 Å². The molecule has 2 aromatic heterocycles. The molecule has 1 aromatic carbocycles. The largest absolute Gasteiger partial charge is 0.310 e. The highest BCUT2D eigenvalue weighted by Crippen LogP contribution is 2.22. The smallest absolute Gasteiger partial charge is 0.261 e. The zero-order chi connectivity index (χ0) is 18.4. The molecule has 0 atom stereocenters. The Morgan fingerprint density at radius 2 is 2.04 bits per heavy atom. The van der Waals surface area contributed by atoms with Crippen LogP contribution in [0.15, 0.2) is 24.4 Å². The minimum atomic E-state index is -0.331. The Kier molecular flexibility index (Phi) is 4.10. The van der Waals surface area contributed by atoms with Gasteiger partial charge in [-0.1, -0.05) is 0 Å². The van der Waals surface area contributed by atoms with Gasteiger partial charge < -0.3 is 4.57 Å². The van der Waals surface area contributed by atoms with E-state index in [1.54, 1.807) is 28.4 Å². The second-order valence-corrected chi connectivity index (χ2v) is 7.01. The van der Waals surface area contributed by atoms with E-state index in [4.69, 9.17) is 0 Å². The fraction of sp³-hybridized carbons (Fsp3) is 0.389. The molecule has 7 heteroatoms. The van der Waals surface area contributed by atoms with Gasteiger partial charge in [-0.3, -0.25) is 14.8 Å². The minimum Gasteiger partial charge on any atom is -0.310 e. The standard InChI is InChI=1S/C18H22FN5O/c1-6-23-15-9-12(19)7-8-14(15)20-17(23)21-16(25)13-10-24(18(3,4)5)22-11(13)2/h7-10H,6H2,1-5H3,(H,20,21,25). The molecule has 0 saturated heterocycles. The summed E-state index contributed by atoms with van der Waals surface area (Å²) in [5.74, 6) is -0.211. The minimum absolute atomic E-state index is 0.211. The Morgan fingerprint density at radius 3 is 2.64 bits per heavy atom. The zero-order valence-corrected chi connectivity index (χ0v) is 15.1. The number of aryl methyl sites for hydroxylation is 2. The molecule has 0 bridgehead atoms. The van der Waals surface area contributed by atoms with E-state index in [-0.39, 0.29) is 17.3 Å². The number of aromatic nitrogens is 4. The van der Waals surface area contributed by atoms with Crippen molar-refractivity contribution in [3.63, 3.8) is 0 Å². The van der Waals surface area contributed by atoms with Crippen molar-refractivity contribution in [1.29, 1.82) is 0 Å². The summed E-state index contributed by atoms with van der Waals surface area (Å²) in [5, 5.41) is 7.25. The second-order valence-electron chi connectivity index (χ2n) is 7.01. The monoisotopic (exact) mass is 343 g/mol. The van der Waals surface area contributed by atoms with E-state index in [1.165, 1.54) is 12.1 Å². The molecule has 0 aliphatic rings. The quantitative estimate of drug-likeness (QED) is 0.788. The molecule has 0 unspecified atom stereocenters. The van der Waals surface area contributed by atoms with Crippen molar-refractivity contribution in [2.75, 3.05) is 5.32 Å². The number of carbonyl (C=O) groups is 1. The number of amides is 1. The summed E-state index contributed by atoms with van der Waals surface area (Å²) in [7, 11) is 0. The van der Waals surface area contributed by atoms with Crippen LogP contribution in [-0.4, -0.2) is 25.2 Å². The molecule has 25 heavy (non-hydrogen) atoms. The number of imidazole rings is 1. The van der Waals surface area contributed by atoms with Gasteiger partial charge in [-0.2, -0.15) is 5.10 Å². The molecule has 1 N–H and O–H groups in total. The molecule has 0 spiro atoms. The highest BCUT2D eigenvalue weighted by Gasteiger charge is 2.21. The van der Waals surface area contributed by atoms with E-state index in [2.05, 4.69) is 15.4 Å². The fourth-order valence-electron chi connectivity index (χ4n) is 2.71. The van der Waals surface area contributed by atoms with Crippen molar-refractivity contribution in [1.82, 2.24) is 19.3 Å². The van der Waals surface area contributed by atoms with Crippen molar-refractivity contribution < 1.29 is 9.18 Å². The molecular formula is C18H22FN5O. The van der Waals surface area contributed by atoms with Gasteiger partial charge in [0.15, 0.2) is 0 Å². The third-order valence-corrected chi connectivity index (χ3v) is 4.08. The van der Waals surface area contributed by atoms with Crippen LogP contribution in [-0.2, 0) is 12.1 Å². The number of nitrogens with one attached hydrogen (secondary N) is 1. The van der Waals surface area contributed by atoms with Crippen LogP contribution >= 0.6 is 0 Å². The van der Waals surface area contributed by atoms with Gasteiger partial charge in [-0.05, 0) is 52.8 Å². The Bertz CT molecular complexity index is 948. The van der Waals surface area contributed by atoms with E-state index in [9.17, 15) is 9.18 Å². The molecule has 132 valence electrons. The van der Waals surface area contributed by atoms with Crippen LogP contribution in [0, 0.1) is 12.7 Å². The van der Waals surface area contributed by atoms with Crippen LogP contribution in [0.3, 0.4) is 0 Å². The van der Waals surface area contributed by atoms with Crippen molar-refractivity contribution in [2.45, 2.75) is 46.7 Å². The number of rotatable bonds is 3. The average Bonchev–Trinajstić information content (AvgIpc) is 3.06. The molecule has 0 saturated carbocycles. The first-order valence-electron chi connectivity index (χ1n) is 8.24. The van der Waals surface area contributed by atoms with E-state index in [1.807, 2.05) is 27.7 Å². The van der Waals surface area contributed by atoms with Gasteiger partial charge in [0.05, 0.1) is 27.8 Å². The van der Waals surface area contributed by atoms with Crippen molar-refractivity contribution >= 4 is 22.9 Å². The summed E-state index contributed by atoms with van der Waals surface area (Å²) in [4.78, 5) is 17.1. The van der Waals surface area contributed by atoms with Crippen LogP contribution in [0.25, 0.3) is 11.0 Å². The van der Waals surface area contributed by atoms with E-state index in [0.717, 1.165) is 0 Å². The third kappa shape index (κ3) is 3.14. The van der Waals surface area contributed by atoms with Gasteiger partial charge in [0.1, 0.15) is 5.82 Å². The Morgan fingerprint density at radius 1 is 1.32 bits per heavy atom. The number of nitrogens with zero attached hydrogens (tertiary/aromatic N) is 4. The molecule has 0 aliphatic heterocycles. The molecule has 0 radical (unpaired) electrons. The highest BCUT2D eigenvalue weighted by atomic mass is 19.1. The van der Waals surface area contributed by atoms with Crippen LogP contribution in [0.1, 0.15) is 43.7 Å². The number of carbonyl (C=O) groups excluding carboxylic acids is 1. The Labute approximate surface area is 145 Å². The van der Waals surface area contributed by atoms with Crippen LogP contribution in [0.2, 0.25) is 0 Å². The van der Waals surface area contributed by atoms with Crippen LogP contribution in [0.5, 0.6) is 0 Å². The number of benzene rings is 1. The first-order chi connectivity index (χ1) is 11.7. The number of fused-ring (bicyclic) bond motifs is 1. The van der Waals surface area contributed by atoms with Crippen molar-refractivity contribution in [3.05, 3.63) is 41.5 Å². The topological polar surface area (TPSA) is 64.7 Å². The van der Waals surface area contributed by atoms with Gasteiger partial charge in [0.2, 0.25) is 5.95 Å². The normalized spacial score (nSPS) is 11.9. The summed E-state index contributed by atoms with van der Waals surface area (Å²) in [6, 6.07) is 4.39. The van der Waals surface area contributed by atoms with Crippen LogP contribution in [0.4, 0.5) is 10.3 Å².